The van der Waals surface area contributed by atoms with Gasteiger partial charge in [-0.15, -0.1) is 0 Å². The van der Waals surface area contributed by atoms with E-state index in [0.717, 1.165) is 6.54 Å². The number of nitrogens with one attached hydrogen (secondary N) is 1. The van der Waals surface area contributed by atoms with Crippen molar-refractivity contribution >= 4 is 0 Å². The van der Waals surface area contributed by atoms with Crippen LogP contribution in [0.5, 0.6) is 0 Å². The zero-order chi connectivity index (χ0) is 10.7. The number of rotatable bonds is 2. The van der Waals surface area contributed by atoms with Crippen LogP contribution in [0.15, 0.2) is 11.6 Å². The molecule has 78 valence electrons. The van der Waals surface area contributed by atoms with Crippen LogP contribution in [0.1, 0.15) is 48.5 Å². The second kappa shape index (κ2) is 4.28. The molecule has 0 unspecified atom stereocenters. The Kier molecular flexibility index (Phi) is 4.18. The Bertz CT molecular complexity index is 176. The number of allylic oxidation sites excluding steroid dienone is 1. The van der Waals surface area contributed by atoms with Gasteiger partial charge in [0.05, 0.1) is 0 Å². The lowest BCUT2D eigenvalue weighted by Gasteiger charge is -2.22. The summed E-state index contributed by atoms with van der Waals surface area (Å²) in [5.74, 6) is 0. The molecule has 0 aromatic heterocycles. The van der Waals surface area contributed by atoms with Crippen molar-refractivity contribution in [3.63, 3.8) is 0 Å². The van der Waals surface area contributed by atoms with Crippen molar-refractivity contribution in [1.82, 2.24) is 5.32 Å². The summed E-state index contributed by atoms with van der Waals surface area (Å²) in [6.45, 7) is 16.4. The predicted molar refractivity (Wildman–Crippen MR) is 61.0 cm³/mol. The van der Waals surface area contributed by atoms with Crippen LogP contribution < -0.4 is 5.32 Å². The molecular weight excluding hydrogens is 158 g/mol. The van der Waals surface area contributed by atoms with Crippen molar-refractivity contribution in [3.8, 4) is 0 Å². The molecule has 0 aromatic carbocycles. The molecule has 0 heterocycles. The zero-order valence-electron chi connectivity index (χ0n) is 10.3. The van der Waals surface area contributed by atoms with Gasteiger partial charge in [0.1, 0.15) is 0 Å². The highest BCUT2D eigenvalue weighted by atomic mass is 14.9. The van der Waals surface area contributed by atoms with E-state index in [2.05, 4.69) is 59.9 Å². The van der Waals surface area contributed by atoms with E-state index in [9.17, 15) is 0 Å². The fourth-order valence-corrected chi connectivity index (χ4v) is 1.19. The van der Waals surface area contributed by atoms with E-state index in [-0.39, 0.29) is 5.54 Å². The molecule has 0 saturated heterocycles. The van der Waals surface area contributed by atoms with E-state index in [4.69, 9.17) is 0 Å². The first-order valence-electron chi connectivity index (χ1n) is 5.03. The molecule has 1 heteroatoms. The maximum Gasteiger partial charge on any atom is 0.0166 e. The summed E-state index contributed by atoms with van der Waals surface area (Å²) < 4.78 is 0. The van der Waals surface area contributed by atoms with Crippen LogP contribution in [0.25, 0.3) is 0 Å². The molecule has 0 aliphatic carbocycles. The van der Waals surface area contributed by atoms with Crippen LogP contribution in [0.2, 0.25) is 0 Å². The van der Waals surface area contributed by atoms with E-state index in [1.807, 2.05) is 0 Å². The molecule has 0 atom stereocenters. The van der Waals surface area contributed by atoms with E-state index in [0.29, 0.717) is 5.41 Å². The number of hydrogen-bond acceptors (Lipinski definition) is 1. The third-order valence-electron chi connectivity index (χ3n) is 1.58. The van der Waals surface area contributed by atoms with Gasteiger partial charge in [0.25, 0.3) is 0 Å². The maximum atomic E-state index is 3.48. The molecule has 1 nitrogen and oxygen atoms in total. The summed E-state index contributed by atoms with van der Waals surface area (Å²) in [6.07, 6.45) is 2.33. The van der Waals surface area contributed by atoms with Crippen molar-refractivity contribution < 1.29 is 0 Å². The lowest BCUT2D eigenvalue weighted by molar-refractivity contribution is 0.441. The Morgan fingerprint density at radius 2 is 1.54 bits per heavy atom. The van der Waals surface area contributed by atoms with Crippen LogP contribution in [-0.4, -0.2) is 12.1 Å². The van der Waals surface area contributed by atoms with Gasteiger partial charge in [-0.2, -0.15) is 0 Å². The fourth-order valence-electron chi connectivity index (χ4n) is 1.19. The largest absolute Gasteiger partial charge is 0.308 e. The molecule has 0 spiro atoms. The predicted octanol–water partition coefficient (Wildman–Crippen LogP) is 3.37. The Morgan fingerprint density at radius 1 is 1.08 bits per heavy atom. The molecule has 0 rings (SSSR count). The molecule has 0 amide bonds. The van der Waals surface area contributed by atoms with Crippen LogP contribution in [0.3, 0.4) is 0 Å². The van der Waals surface area contributed by atoms with Crippen LogP contribution in [-0.2, 0) is 0 Å². The zero-order valence-corrected chi connectivity index (χ0v) is 10.3. The smallest absolute Gasteiger partial charge is 0.0166 e. The topological polar surface area (TPSA) is 12.0 Å². The second-order valence-electron chi connectivity index (χ2n) is 5.96. The van der Waals surface area contributed by atoms with Gasteiger partial charge < -0.3 is 5.32 Å². The molecule has 0 aliphatic heterocycles. The second-order valence-corrected chi connectivity index (χ2v) is 5.96. The van der Waals surface area contributed by atoms with E-state index < -0.39 is 0 Å². The lowest BCUT2D eigenvalue weighted by atomic mass is 9.93. The van der Waals surface area contributed by atoms with Gasteiger partial charge in [0, 0.05) is 12.1 Å². The summed E-state index contributed by atoms with van der Waals surface area (Å²) in [5.41, 5.74) is 1.93. The van der Waals surface area contributed by atoms with Crippen molar-refractivity contribution in [2.24, 2.45) is 5.41 Å². The molecular formula is C12H25N. The van der Waals surface area contributed by atoms with Gasteiger partial charge in [-0.25, -0.2) is 0 Å². The van der Waals surface area contributed by atoms with Crippen molar-refractivity contribution in [2.75, 3.05) is 6.54 Å². The van der Waals surface area contributed by atoms with Gasteiger partial charge in [0.2, 0.25) is 0 Å². The fraction of sp³-hybridized carbons (Fsp3) is 0.833. The van der Waals surface area contributed by atoms with Gasteiger partial charge in [0.15, 0.2) is 0 Å². The molecule has 0 bridgehead atoms. The third-order valence-corrected chi connectivity index (χ3v) is 1.58. The molecule has 1 N–H and O–H groups in total. The van der Waals surface area contributed by atoms with Gasteiger partial charge >= 0.3 is 0 Å². The number of hydrogen-bond donors (Lipinski definition) is 1. The van der Waals surface area contributed by atoms with Gasteiger partial charge in [-0.3, -0.25) is 0 Å². The first kappa shape index (κ1) is 12.7. The molecule has 0 saturated carbocycles. The summed E-state index contributed by atoms with van der Waals surface area (Å²) in [7, 11) is 0. The Balaban J connectivity index is 4.02. The summed E-state index contributed by atoms with van der Waals surface area (Å²) in [6, 6.07) is 0. The molecule has 0 radical (unpaired) electrons. The van der Waals surface area contributed by atoms with Crippen molar-refractivity contribution in [1.29, 1.82) is 0 Å². The van der Waals surface area contributed by atoms with Crippen molar-refractivity contribution in [2.45, 2.75) is 54.0 Å². The van der Waals surface area contributed by atoms with Crippen LogP contribution in [0.4, 0.5) is 0 Å². The molecule has 0 fully saturated rings. The van der Waals surface area contributed by atoms with E-state index >= 15 is 0 Å². The molecule has 0 aromatic rings. The third kappa shape index (κ3) is 9.62. The van der Waals surface area contributed by atoms with Crippen LogP contribution in [0, 0.1) is 5.41 Å². The average molecular weight is 183 g/mol. The SMILES string of the molecule is CC(=CC(C)(C)C)CNC(C)(C)C. The lowest BCUT2D eigenvalue weighted by Crippen LogP contribution is -2.36. The summed E-state index contributed by atoms with van der Waals surface area (Å²) in [5, 5.41) is 3.48. The highest BCUT2D eigenvalue weighted by molar-refractivity contribution is 5.06. The molecule has 13 heavy (non-hydrogen) atoms. The highest BCUT2D eigenvalue weighted by Gasteiger charge is 2.10. The first-order chi connectivity index (χ1) is 5.60. The quantitative estimate of drug-likeness (QED) is 0.647. The maximum absolute atomic E-state index is 3.48. The van der Waals surface area contributed by atoms with Crippen LogP contribution >= 0.6 is 0 Å². The Hall–Kier alpha value is -0.300. The first-order valence-corrected chi connectivity index (χ1v) is 5.03. The standard InChI is InChI=1S/C12H25N/c1-10(8-11(2,3)4)9-13-12(5,6)7/h8,13H,9H2,1-7H3. The Morgan fingerprint density at radius 3 is 1.85 bits per heavy atom. The van der Waals surface area contributed by atoms with Crippen molar-refractivity contribution in [3.05, 3.63) is 11.6 Å². The van der Waals surface area contributed by atoms with E-state index in [1.165, 1.54) is 5.57 Å². The van der Waals surface area contributed by atoms with Gasteiger partial charge in [-0.1, -0.05) is 32.4 Å². The molecule has 0 aliphatic rings. The normalized spacial score (nSPS) is 14.8. The minimum absolute atomic E-state index is 0.215. The average Bonchev–Trinajstić information content (AvgIpc) is 1.78. The highest BCUT2D eigenvalue weighted by Crippen LogP contribution is 2.17. The summed E-state index contributed by atoms with van der Waals surface area (Å²) >= 11 is 0. The van der Waals surface area contributed by atoms with E-state index in [1.54, 1.807) is 0 Å². The Labute approximate surface area is 83.6 Å². The minimum atomic E-state index is 0.215. The monoisotopic (exact) mass is 183 g/mol. The summed E-state index contributed by atoms with van der Waals surface area (Å²) in [4.78, 5) is 0. The van der Waals surface area contributed by atoms with Gasteiger partial charge in [-0.05, 0) is 33.1 Å². The minimum Gasteiger partial charge on any atom is -0.308 e.